The molecule has 0 saturated heterocycles. The van der Waals surface area contributed by atoms with E-state index in [-0.39, 0.29) is 0 Å². The molecular weight excluding hydrogens is 238 g/mol. The zero-order chi connectivity index (χ0) is 12.4. The van der Waals surface area contributed by atoms with Crippen LogP contribution in [-0.4, -0.2) is 19.9 Å². The first kappa shape index (κ1) is 12.1. The normalized spacial score (nSPS) is 12.7. The monoisotopic (exact) mass is 251 g/mol. The molecule has 1 atom stereocenters. The summed E-state index contributed by atoms with van der Waals surface area (Å²) >= 11 is 6.01. The van der Waals surface area contributed by atoms with Crippen LogP contribution in [0.1, 0.15) is 22.9 Å². The number of halogens is 1. The number of aliphatic hydroxyl groups excluding tert-OH is 1. The molecule has 0 saturated carbocycles. The predicted molar refractivity (Wildman–Crippen MR) is 65.9 cm³/mol. The van der Waals surface area contributed by atoms with E-state index in [9.17, 15) is 5.11 Å². The summed E-state index contributed by atoms with van der Waals surface area (Å²) in [6.07, 6.45) is 4.95. The molecule has 17 heavy (non-hydrogen) atoms. The number of hydrogen-bond donors (Lipinski definition) is 1. The van der Waals surface area contributed by atoms with Crippen LogP contribution in [0, 0.1) is 6.92 Å². The molecule has 2 aromatic heterocycles. The lowest BCUT2D eigenvalue weighted by molar-refractivity contribution is 0.177. The van der Waals surface area contributed by atoms with Crippen LogP contribution in [0.15, 0.2) is 24.7 Å². The van der Waals surface area contributed by atoms with E-state index in [0.717, 1.165) is 16.8 Å². The van der Waals surface area contributed by atoms with Crippen molar-refractivity contribution in [3.8, 4) is 0 Å². The maximum absolute atomic E-state index is 10.2. The summed E-state index contributed by atoms with van der Waals surface area (Å²) in [4.78, 5) is 3.92. The van der Waals surface area contributed by atoms with Crippen molar-refractivity contribution in [2.45, 2.75) is 19.4 Å². The van der Waals surface area contributed by atoms with Crippen LogP contribution in [0.3, 0.4) is 0 Å². The first-order chi connectivity index (χ1) is 8.08. The average Bonchev–Trinajstić information content (AvgIpc) is 2.61. The number of pyridine rings is 1. The number of nitrogens with zero attached hydrogens (tertiary/aromatic N) is 3. The number of aromatic nitrogens is 3. The molecule has 5 heteroatoms. The minimum Gasteiger partial charge on any atom is -0.388 e. The Kier molecular flexibility index (Phi) is 3.45. The van der Waals surface area contributed by atoms with Gasteiger partial charge in [-0.15, -0.1) is 0 Å². The zero-order valence-electron chi connectivity index (χ0n) is 9.76. The number of aryl methyl sites for hydroxylation is 2. The van der Waals surface area contributed by atoms with Crippen molar-refractivity contribution in [2.75, 3.05) is 0 Å². The minimum atomic E-state index is -0.594. The van der Waals surface area contributed by atoms with Crippen LogP contribution in [-0.2, 0) is 13.5 Å². The molecule has 0 aliphatic carbocycles. The lowest BCUT2D eigenvalue weighted by atomic mass is 10.0. The molecule has 0 radical (unpaired) electrons. The molecule has 1 N–H and O–H groups in total. The number of hydrogen-bond acceptors (Lipinski definition) is 3. The molecule has 0 aliphatic heterocycles. The molecule has 0 amide bonds. The van der Waals surface area contributed by atoms with Gasteiger partial charge in [0.15, 0.2) is 0 Å². The molecule has 0 aromatic carbocycles. The maximum Gasteiger partial charge on any atom is 0.0864 e. The highest BCUT2D eigenvalue weighted by Crippen LogP contribution is 2.24. The van der Waals surface area contributed by atoms with Gasteiger partial charge in [-0.2, -0.15) is 5.10 Å². The second kappa shape index (κ2) is 4.85. The van der Waals surface area contributed by atoms with Crippen LogP contribution in [0.4, 0.5) is 0 Å². The van der Waals surface area contributed by atoms with Crippen molar-refractivity contribution in [2.24, 2.45) is 7.05 Å². The van der Waals surface area contributed by atoms with E-state index in [1.165, 1.54) is 0 Å². The van der Waals surface area contributed by atoms with Gasteiger partial charge in [0.1, 0.15) is 0 Å². The fourth-order valence-corrected chi connectivity index (χ4v) is 2.03. The van der Waals surface area contributed by atoms with Crippen LogP contribution in [0.25, 0.3) is 0 Å². The van der Waals surface area contributed by atoms with Crippen LogP contribution >= 0.6 is 11.6 Å². The van der Waals surface area contributed by atoms with Crippen molar-refractivity contribution in [3.63, 3.8) is 0 Å². The summed E-state index contributed by atoms with van der Waals surface area (Å²) in [5, 5.41) is 14.9. The van der Waals surface area contributed by atoms with Crippen molar-refractivity contribution in [1.82, 2.24) is 14.8 Å². The smallest absolute Gasteiger partial charge is 0.0864 e. The quantitative estimate of drug-likeness (QED) is 0.908. The number of rotatable bonds is 3. The fourth-order valence-electron chi connectivity index (χ4n) is 1.83. The van der Waals surface area contributed by atoms with E-state index in [0.29, 0.717) is 11.4 Å². The van der Waals surface area contributed by atoms with E-state index >= 15 is 0 Å². The van der Waals surface area contributed by atoms with Crippen molar-refractivity contribution in [1.29, 1.82) is 0 Å². The highest BCUT2D eigenvalue weighted by molar-refractivity contribution is 6.31. The lowest BCUT2D eigenvalue weighted by Crippen LogP contribution is -2.03. The molecule has 90 valence electrons. The Labute approximate surface area is 105 Å². The Hall–Kier alpha value is -1.39. The molecule has 0 aliphatic rings. The third kappa shape index (κ3) is 2.65. The average molecular weight is 252 g/mol. The van der Waals surface area contributed by atoms with Gasteiger partial charge in [-0.25, -0.2) is 0 Å². The first-order valence-corrected chi connectivity index (χ1v) is 5.72. The molecule has 1 unspecified atom stereocenters. The van der Waals surface area contributed by atoms with Gasteiger partial charge in [0.2, 0.25) is 0 Å². The van der Waals surface area contributed by atoms with Gasteiger partial charge in [0.05, 0.1) is 16.8 Å². The second-order valence-electron chi connectivity index (χ2n) is 4.03. The summed E-state index contributed by atoms with van der Waals surface area (Å²) in [5.74, 6) is 0. The Morgan fingerprint density at radius 2 is 2.29 bits per heavy atom. The molecule has 2 rings (SSSR count). The molecule has 0 fully saturated rings. The van der Waals surface area contributed by atoms with E-state index < -0.39 is 6.10 Å². The molecule has 2 heterocycles. The Morgan fingerprint density at radius 3 is 2.88 bits per heavy atom. The molecule has 2 aromatic rings. The predicted octanol–water partition coefficient (Wildman–Crippen LogP) is 2.05. The van der Waals surface area contributed by atoms with Gasteiger partial charge in [-0.1, -0.05) is 11.6 Å². The van der Waals surface area contributed by atoms with Crippen molar-refractivity contribution < 1.29 is 5.11 Å². The van der Waals surface area contributed by atoms with Gasteiger partial charge in [0.25, 0.3) is 0 Å². The van der Waals surface area contributed by atoms with Gasteiger partial charge in [-0.3, -0.25) is 9.67 Å². The van der Waals surface area contributed by atoms with Gasteiger partial charge in [0, 0.05) is 37.6 Å². The third-order valence-corrected chi connectivity index (χ3v) is 3.02. The fraction of sp³-hybridized carbons (Fsp3) is 0.333. The first-order valence-electron chi connectivity index (χ1n) is 5.34. The van der Waals surface area contributed by atoms with Crippen LogP contribution in [0.2, 0.25) is 5.02 Å². The minimum absolute atomic E-state index is 0.466. The maximum atomic E-state index is 10.2. The third-order valence-electron chi connectivity index (χ3n) is 2.68. The van der Waals surface area contributed by atoms with Gasteiger partial charge < -0.3 is 5.11 Å². The highest BCUT2D eigenvalue weighted by Gasteiger charge is 2.15. The zero-order valence-corrected chi connectivity index (χ0v) is 10.5. The van der Waals surface area contributed by atoms with Crippen molar-refractivity contribution >= 4 is 11.6 Å². The van der Waals surface area contributed by atoms with E-state index in [2.05, 4.69) is 10.1 Å². The summed E-state index contributed by atoms with van der Waals surface area (Å²) in [6.45, 7) is 1.88. The van der Waals surface area contributed by atoms with Gasteiger partial charge in [-0.05, 0) is 18.6 Å². The summed E-state index contributed by atoms with van der Waals surface area (Å²) in [5.41, 5.74) is 2.56. The van der Waals surface area contributed by atoms with E-state index in [1.54, 1.807) is 17.1 Å². The summed E-state index contributed by atoms with van der Waals surface area (Å²) in [7, 11) is 1.84. The summed E-state index contributed by atoms with van der Waals surface area (Å²) in [6, 6.07) is 1.82. The van der Waals surface area contributed by atoms with Crippen LogP contribution in [0.5, 0.6) is 0 Å². The van der Waals surface area contributed by atoms with Crippen LogP contribution < -0.4 is 0 Å². The second-order valence-corrected chi connectivity index (χ2v) is 4.44. The Morgan fingerprint density at radius 1 is 1.53 bits per heavy atom. The van der Waals surface area contributed by atoms with E-state index in [4.69, 9.17) is 11.6 Å². The number of aliphatic hydroxyl groups is 1. The topological polar surface area (TPSA) is 50.9 Å². The molecular formula is C12H14ClN3O. The Bertz CT molecular complexity index is 524. The molecule has 4 nitrogen and oxygen atoms in total. The van der Waals surface area contributed by atoms with Crippen molar-refractivity contribution in [3.05, 3.63) is 46.5 Å². The lowest BCUT2D eigenvalue weighted by Gasteiger charge is -2.10. The standard InChI is InChI=1S/C12H14ClN3O/c1-8-10(7-16(2)15-8)12(17)5-9-3-4-14-6-11(9)13/h3-4,6-7,12,17H,5H2,1-2H3. The molecule has 0 spiro atoms. The Balaban J connectivity index is 2.20. The molecule has 0 bridgehead atoms. The summed E-state index contributed by atoms with van der Waals surface area (Å²) < 4.78 is 1.70. The highest BCUT2D eigenvalue weighted by atomic mass is 35.5. The SMILES string of the molecule is Cc1nn(C)cc1C(O)Cc1ccncc1Cl. The van der Waals surface area contributed by atoms with E-state index in [1.807, 2.05) is 26.2 Å². The van der Waals surface area contributed by atoms with Gasteiger partial charge >= 0.3 is 0 Å². The largest absolute Gasteiger partial charge is 0.388 e.